The Morgan fingerprint density at radius 1 is 1.53 bits per heavy atom. The molecule has 0 amide bonds. The minimum atomic E-state index is -0.447. The zero-order chi connectivity index (χ0) is 12.4. The van der Waals surface area contributed by atoms with E-state index in [4.69, 9.17) is 14.9 Å². The van der Waals surface area contributed by atoms with Gasteiger partial charge in [-0.25, -0.2) is 4.79 Å². The second kappa shape index (κ2) is 4.45. The number of hydrogen-bond donors (Lipinski definition) is 1. The van der Waals surface area contributed by atoms with Crippen molar-refractivity contribution >= 4 is 23.0 Å². The quantitative estimate of drug-likeness (QED) is 0.646. The Labute approximate surface area is 98.8 Å². The van der Waals surface area contributed by atoms with E-state index in [1.165, 1.54) is 0 Å². The average molecular weight is 235 g/mol. The Hall–Kier alpha value is -2.04. The number of pyridine rings is 1. The monoisotopic (exact) mass is 235 g/mol. The van der Waals surface area contributed by atoms with Crippen LogP contribution in [0.2, 0.25) is 0 Å². The van der Waals surface area contributed by atoms with Crippen LogP contribution >= 0.6 is 0 Å². The molecule has 0 aliphatic carbocycles. The molecule has 0 bridgehead atoms. The van der Waals surface area contributed by atoms with E-state index in [1.54, 1.807) is 13.0 Å². The van der Waals surface area contributed by atoms with Gasteiger partial charge in [0.25, 0.3) is 5.52 Å². The number of esters is 1. The summed E-state index contributed by atoms with van der Waals surface area (Å²) in [6, 6.07) is 3.63. The largest absolute Gasteiger partial charge is 0.462 e. The molecule has 0 radical (unpaired) electrons. The van der Waals surface area contributed by atoms with Crippen molar-refractivity contribution < 1.29 is 18.5 Å². The maximum absolute atomic E-state index is 11.8. The first-order valence-corrected chi connectivity index (χ1v) is 5.56. The first-order valence-electron chi connectivity index (χ1n) is 5.56. The molecule has 0 fully saturated rings. The summed E-state index contributed by atoms with van der Waals surface area (Å²) < 4.78 is 12.3. The summed E-state index contributed by atoms with van der Waals surface area (Å²) in [6.45, 7) is 4.77. The third kappa shape index (κ3) is 1.84. The minimum Gasteiger partial charge on any atom is -0.462 e. The molecule has 0 saturated carbocycles. The number of hydrogen-bond acceptors (Lipinski definition) is 4. The number of nitrogen functional groups attached to an aromatic ring is 1. The van der Waals surface area contributed by atoms with Crippen LogP contribution in [0.3, 0.4) is 0 Å². The van der Waals surface area contributed by atoms with Gasteiger partial charge in [-0.1, -0.05) is 0 Å². The Bertz CT molecular complexity index is 560. The number of carbonyl (C=O) groups is 1. The SMILES string of the molecule is CCOC(=O)c1c(N)oc2ccc[n+](CC)c12. The first-order chi connectivity index (χ1) is 8.19. The number of aromatic nitrogens is 1. The number of nitrogens with zero attached hydrogens (tertiary/aromatic N) is 1. The number of aryl methyl sites for hydroxylation is 1. The lowest BCUT2D eigenvalue weighted by Gasteiger charge is -1.99. The van der Waals surface area contributed by atoms with E-state index in [0.29, 0.717) is 23.3 Å². The lowest BCUT2D eigenvalue weighted by atomic mass is 10.2. The van der Waals surface area contributed by atoms with Gasteiger partial charge in [0.2, 0.25) is 11.5 Å². The van der Waals surface area contributed by atoms with Crippen LogP contribution in [-0.4, -0.2) is 12.6 Å². The molecule has 2 N–H and O–H groups in total. The molecule has 2 heterocycles. The molecular weight excluding hydrogens is 220 g/mol. The number of anilines is 1. The number of carbonyl (C=O) groups excluding carboxylic acids is 1. The van der Waals surface area contributed by atoms with Crippen LogP contribution in [0.4, 0.5) is 5.88 Å². The van der Waals surface area contributed by atoms with Crippen LogP contribution in [0.1, 0.15) is 24.2 Å². The molecule has 2 rings (SSSR count). The Morgan fingerprint density at radius 3 is 2.94 bits per heavy atom. The van der Waals surface area contributed by atoms with Crippen LogP contribution in [0.25, 0.3) is 11.1 Å². The van der Waals surface area contributed by atoms with Gasteiger partial charge in [-0.2, -0.15) is 4.57 Å². The maximum Gasteiger partial charge on any atom is 0.350 e. The predicted octanol–water partition coefficient (Wildman–Crippen LogP) is 1.50. The fourth-order valence-corrected chi connectivity index (χ4v) is 1.83. The standard InChI is InChI=1S/C12H14N2O3/c1-3-14-7-5-6-8-10(14)9(11(13)17-8)12(15)16-4-2/h5-7,13H,3-4H2,1-2H3/p+1. The van der Waals surface area contributed by atoms with Gasteiger partial charge in [-0.3, -0.25) is 0 Å². The van der Waals surface area contributed by atoms with Crippen LogP contribution < -0.4 is 10.3 Å². The third-order valence-electron chi connectivity index (χ3n) is 2.56. The van der Waals surface area contributed by atoms with Crippen molar-refractivity contribution in [2.45, 2.75) is 20.4 Å². The summed E-state index contributed by atoms with van der Waals surface area (Å²) in [5.74, 6) is -0.344. The van der Waals surface area contributed by atoms with Gasteiger partial charge in [-0.05, 0) is 19.9 Å². The van der Waals surface area contributed by atoms with E-state index in [9.17, 15) is 4.79 Å². The fraction of sp³-hybridized carbons (Fsp3) is 0.333. The molecular formula is C12H15N2O3+. The van der Waals surface area contributed by atoms with Crippen molar-refractivity contribution in [2.75, 3.05) is 12.3 Å². The minimum absolute atomic E-state index is 0.104. The summed E-state index contributed by atoms with van der Waals surface area (Å²) in [4.78, 5) is 11.8. The number of rotatable bonds is 3. The van der Waals surface area contributed by atoms with Crippen molar-refractivity contribution in [3.8, 4) is 0 Å². The third-order valence-corrected chi connectivity index (χ3v) is 2.56. The van der Waals surface area contributed by atoms with Crippen LogP contribution in [0, 0.1) is 0 Å². The lowest BCUT2D eigenvalue weighted by Crippen LogP contribution is -2.33. The normalized spacial score (nSPS) is 10.7. The molecule has 0 aliphatic rings. The van der Waals surface area contributed by atoms with E-state index < -0.39 is 5.97 Å². The molecule has 0 spiro atoms. The highest BCUT2D eigenvalue weighted by molar-refractivity contribution is 6.04. The summed E-state index contributed by atoms with van der Waals surface area (Å²) in [7, 11) is 0. The van der Waals surface area contributed by atoms with Gasteiger partial charge < -0.3 is 14.9 Å². The van der Waals surface area contributed by atoms with E-state index in [0.717, 1.165) is 6.54 Å². The molecule has 17 heavy (non-hydrogen) atoms. The molecule has 0 atom stereocenters. The van der Waals surface area contributed by atoms with Gasteiger partial charge in [0.05, 0.1) is 6.61 Å². The molecule has 0 saturated heterocycles. The second-order valence-corrected chi connectivity index (χ2v) is 3.57. The molecule has 2 aromatic rings. The number of ether oxygens (including phenoxy) is 1. The highest BCUT2D eigenvalue weighted by atomic mass is 16.5. The van der Waals surface area contributed by atoms with Crippen LogP contribution in [0.5, 0.6) is 0 Å². The van der Waals surface area contributed by atoms with Crippen LogP contribution in [-0.2, 0) is 11.3 Å². The Kier molecular flexibility index (Phi) is 2.99. The molecule has 5 nitrogen and oxygen atoms in total. The molecule has 2 aromatic heterocycles. The summed E-state index contributed by atoms with van der Waals surface area (Å²) in [6.07, 6.45) is 1.88. The highest BCUT2D eigenvalue weighted by Gasteiger charge is 2.27. The number of furan rings is 1. The van der Waals surface area contributed by atoms with E-state index in [2.05, 4.69) is 0 Å². The predicted molar refractivity (Wildman–Crippen MR) is 62.5 cm³/mol. The lowest BCUT2D eigenvalue weighted by molar-refractivity contribution is -0.667. The van der Waals surface area contributed by atoms with Gasteiger partial charge in [0, 0.05) is 6.07 Å². The van der Waals surface area contributed by atoms with Gasteiger partial charge in [-0.15, -0.1) is 0 Å². The topological polar surface area (TPSA) is 69.3 Å². The number of nitrogens with two attached hydrogens (primary N) is 1. The highest BCUT2D eigenvalue weighted by Crippen LogP contribution is 2.25. The molecule has 0 aliphatic heterocycles. The van der Waals surface area contributed by atoms with Gasteiger partial charge >= 0.3 is 5.97 Å². The van der Waals surface area contributed by atoms with Gasteiger partial charge in [0.15, 0.2) is 11.8 Å². The van der Waals surface area contributed by atoms with E-state index >= 15 is 0 Å². The number of fused-ring (bicyclic) bond motifs is 1. The van der Waals surface area contributed by atoms with Crippen molar-refractivity contribution in [3.05, 3.63) is 23.9 Å². The van der Waals surface area contributed by atoms with E-state index in [1.807, 2.05) is 23.8 Å². The zero-order valence-corrected chi connectivity index (χ0v) is 9.90. The average Bonchev–Trinajstić information content (AvgIpc) is 2.65. The molecule has 0 unspecified atom stereocenters. The summed E-state index contributed by atoms with van der Waals surface area (Å²) in [5, 5.41) is 0. The maximum atomic E-state index is 11.8. The second-order valence-electron chi connectivity index (χ2n) is 3.57. The Balaban J connectivity index is 2.68. The van der Waals surface area contributed by atoms with Crippen molar-refractivity contribution in [3.63, 3.8) is 0 Å². The Morgan fingerprint density at radius 2 is 2.29 bits per heavy atom. The van der Waals surface area contributed by atoms with Crippen molar-refractivity contribution in [2.24, 2.45) is 0 Å². The zero-order valence-electron chi connectivity index (χ0n) is 9.90. The molecule has 90 valence electrons. The van der Waals surface area contributed by atoms with Crippen molar-refractivity contribution in [1.82, 2.24) is 0 Å². The summed E-state index contributed by atoms with van der Waals surface area (Å²) >= 11 is 0. The smallest absolute Gasteiger partial charge is 0.350 e. The van der Waals surface area contributed by atoms with Crippen molar-refractivity contribution in [1.29, 1.82) is 0 Å². The molecule has 0 aromatic carbocycles. The summed E-state index contributed by atoms with van der Waals surface area (Å²) in [5.41, 5.74) is 7.32. The first kappa shape index (κ1) is 11.4. The van der Waals surface area contributed by atoms with E-state index in [-0.39, 0.29) is 5.88 Å². The fourth-order valence-electron chi connectivity index (χ4n) is 1.83. The molecule has 5 heteroatoms. The van der Waals surface area contributed by atoms with Gasteiger partial charge in [0.1, 0.15) is 6.54 Å². The van der Waals surface area contributed by atoms with Crippen LogP contribution in [0.15, 0.2) is 22.7 Å².